The Hall–Kier alpha value is -0.683. The van der Waals surface area contributed by atoms with E-state index in [1.807, 2.05) is 0 Å². The van der Waals surface area contributed by atoms with Crippen LogP contribution >= 0.6 is 0 Å². The molecule has 4 nitrogen and oxygen atoms in total. The second kappa shape index (κ2) is 5.41. The number of carbonyl (C=O) groups excluding carboxylic acids is 2. The highest BCUT2D eigenvalue weighted by molar-refractivity contribution is 6.74. The fourth-order valence-corrected chi connectivity index (χ4v) is 1.72. The van der Waals surface area contributed by atoms with Gasteiger partial charge in [0.1, 0.15) is 6.61 Å². The van der Waals surface area contributed by atoms with E-state index in [0.29, 0.717) is 6.61 Å². The van der Waals surface area contributed by atoms with Gasteiger partial charge in [-0.15, -0.1) is 0 Å². The SMILES string of the molecule is CC(C)(C)[Si](C)(C)OCCOC(=O)C=O. The number of ether oxygens (including phenoxy) is 1. The lowest BCUT2D eigenvalue weighted by Crippen LogP contribution is -2.41. The second-order valence-electron chi connectivity index (χ2n) is 4.89. The minimum atomic E-state index is -1.77. The van der Waals surface area contributed by atoms with Crippen molar-refractivity contribution in [3.05, 3.63) is 0 Å². The average Bonchev–Trinajstić information content (AvgIpc) is 2.10. The molecule has 0 radical (unpaired) electrons. The molecule has 0 saturated carbocycles. The first-order chi connectivity index (χ1) is 6.70. The summed E-state index contributed by atoms with van der Waals surface area (Å²) in [6.07, 6.45) is 0.159. The third-order valence-corrected chi connectivity index (χ3v) is 7.23. The fraction of sp³-hybridized carbons (Fsp3) is 0.800. The molecule has 0 saturated heterocycles. The Bertz CT molecular complexity index is 230. The van der Waals surface area contributed by atoms with Crippen LogP contribution in [0.15, 0.2) is 0 Å². The molecule has 5 heteroatoms. The lowest BCUT2D eigenvalue weighted by molar-refractivity contribution is -0.149. The molecule has 0 amide bonds. The van der Waals surface area contributed by atoms with E-state index >= 15 is 0 Å². The average molecular weight is 232 g/mol. The summed E-state index contributed by atoms with van der Waals surface area (Å²) in [7, 11) is -1.77. The van der Waals surface area contributed by atoms with Crippen LogP contribution in [-0.4, -0.2) is 33.8 Å². The smallest absolute Gasteiger partial charge is 0.371 e. The largest absolute Gasteiger partial charge is 0.458 e. The summed E-state index contributed by atoms with van der Waals surface area (Å²) in [6.45, 7) is 11.1. The summed E-state index contributed by atoms with van der Waals surface area (Å²) in [5.74, 6) is -0.839. The van der Waals surface area contributed by atoms with Crippen molar-refractivity contribution < 1.29 is 18.8 Å². The van der Waals surface area contributed by atoms with Gasteiger partial charge in [0.15, 0.2) is 8.32 Å². The summed E-state index contributed by atoms with van der Waals surface area (Å²) in [5, 5.41) is 0.141. The van der Waals surface area contributed by atoms with E-state index in [-0.39, 0.29) is 17.9 Å². The third-order valence-electron chi connectivity index (χ3n) is 2.69. The lowest BCUT2D eigenvalue weighted by Gasteiger charge is -2.35. The zero-order valence-electron chi connectivity index (χ0n) is 10.1. The van der Waals surface area contributed by atoms with Crippen molar-refractivity contribution in [2.75, 3.05) is 13.2 Å². The summed E-state index contributed by atoms with van der Waals surface area (Å²) >= 11 is 0. The van der Waals surface area contributed by atoms with Crippen molar-refractivity contribution in [2.24, 2.45) is 0 Å². The number of aldehydes is 1. The molecule has 0 aliphatic carbocycles. The lowest BCUT2D eigenvalue weighted by atomic mass is 10.2. The van der Waals surface area contributed by atoms with Crippen molar-refractivity contribution >= 4 is 20.6 Å². The van der Waals surface area contributed by atoms with Crippen molar-refractivity contribution in [2.45, 2.75) is 38.9 Å². The molecule has 0 aliphatic heterocycles. The monoisotopic (exact) mass is 232 g/mol. The molecule has 15 heavy (non-hydrogen) atoms. The molecule has 88 valence electrons. The van der Waals surface area contributed by atoms with Gasteiger partial charge in [-0.05, 0) is 18.1 Å². The Kier molecular flexibility index (Phi) is 5.17. The molecule has 0 heterocycles. The van der Waals surface area contributed by atoms with Crippen LogP contribution < -0.4 is 0 Å². The van der Waals surface area contributed by atoms with E-state index in [0.717, 1.165) is 0 Å². The van der Waals surface area contributed by atoms with Crippen LogP contribution in [0.3, 0.4) is 0 Å². The molecule has 0 rings (SSSR count). The maximum absolute atomic E-state index is 10.5. The maximum atomic E-state index is 10.5. The molecule has 0 aliphatic rings. The first kappa shape index (κ1) is 14.3. The Labute approximate surface area is 92.1 Å². The predicted octanol–water partition coefficient (Wildman–Crippen LogP) is 1.75. The Morgan fingerprint density at radius 1 is 1.27 bits per heavy atom. The minimum absolute atomic E-state index is 0.141. The highest BCUT2D eigenvalue weighted by atomic mass is 28.4. The number of esters is 1. The molecule has 0 fully saturated rings. The number of rotatable bonds is 5. The maximum Gasteiger partial charge on any atom is 0.371 e. The Morgan fingerprint density at radius 3 is 2.20 bits per heavy atom. The highest BCUT2D eigenvalue weighted by Gasteiger charge is 2.36. The van der Waals surface area contributed by atoms with Gasteiger partial charge in [0.25, 0.3) is 0 Å². The van der Waals surface area contributed by atoms with Gasteiger partial charge in [-0.2, -0.15) is 0 Å². The molecular weight excluding hydrogens is 212 g/mol. The second-order valence-corrected chi connectivity index (χ2v) is 9.70. The van der Waals surface area contributed by atoms with E-state index in [1.165, 1.54) is 0 Å². The topological polar surface area (TPSA) is 52.6 Å². The number of hydrogen-bond donors (Lipinski definition) is 0. The van der Waals surface area contributed by atoms with Gasteiger partial charge >= 0.3 is 5.97 Å². The summed E-state index contributed by atoms with van der Waals surface area (Å²) in [5.41, 5.74) is 0. The van der Waals surface area contributed by atoms with Gasteiger partial charge in [0.05, 0.1) is 6.61 Å². The van der Waals surface area contributed by atoms with Crippen LogP contribution in [0.1, 0.15) is 20.8 Å². The molecule has 0 bridgehead atoms. The standard InChI is InChI=1S/C10H20O4Si/c1-10(2,3)15(4,5)14-7-6-13-9(12)8-11/h8H,6-7H2,1-5H3. The van der Waals surface area contributed by atoms with E-state index in [2.05, 4.69) is 38.6 Å². The fourth-order valence-electron chi connectivity index (χ4n) is 0.690. The van der Waals surface area contributed by atoms with Crippen molar-refractivity contribution in [3.63, 3.8) is 0 Å². The predicted molar refractivity (Wildman–Crippen MR) is 60.2 cm³/mol. The van der Waals surface area contributed by atoms with Gasteiger partial charge in [-0.3, -0.25) is 4.79 Å². The van der Waals surface area contributed by atoms with E-state index < -0.39 is 14.3 Å². The zero-order valence-corrected chi connectivity index (χ0v) is 11.1. The van der Waals surface area contributed by atoms with Gasteiger partial charge in [0, 0.05) is 0 Å². The zero-order chi connectivity index (χ0) is 12.1. The van der Waals surface area contributed by atoms with Crippen LogP contribution in [0.5, 0.6) is 0 Å². The molecule has 0 aromatic carbocycles. The highest BCUT2D eigenvalue weighted by Crippen LogP contribution is 2.36. The summed E-state index contributed by atoms with van der Waals surface area (Å²) in [4.78, 5) is 20.4. The number of hydrogen-bond acceptors (Lipinski definition) is 4. The molecule has 0 N–H and O–H groups in total. The molecule has 0 unspecified atom stereocenters. The van der Waals surface area contributed by atoms with Crippen molar-refractivity contribution in [1.29, 1.82) is 0 Å². The van der Waals surface area contributed by atoms with E-state index in [9.17, 15) is 9.59 Å². The van der Waals surface area contributed by atoms with Crippen molar-refractivity contribution in [1.82, 2.24) is 0 Å². The van der Waals surface area contributed by atoms with E-state index in [4.69, 9.17) is 4.43 Å². The van der Waals surface area contributed by atoms with Gasteiger partial charge in [-0.1, -0.05) is 20.8 Å². The summed E-state index contributed by atoms with van der Waals surface area (Å²) < 4.78 is 10.3. The first-order valence-electron chi connectivity index (χ1n) is 4.96. The molecule has 0 atom stereocenters. The van der Waals surface area contributed by atoms with Crippen LogP contribution in [0.2, 0.25) is 18.1 Å². The minimum Gasteiger partial charge on any atom is -0.458 e. The summed E-state index contributed by atoms with van der Waals surface area (Å²) in [6, 6.07) is 0. The van der Waals surface area contributed by atoms with Crippen LogP contribution in [0.4, 0.5) is 0 Å². The molecule has 0 aromatic rings. The molecule has 0 spiro atoms. The van der Waals surface area contributed by atoms with Gasteiger partial charge < -0.3 is 9.16 Å². The van der Waals surface area contributed by atoms with E-state index in [1.54, 1.807) is 0 Å². The van der Waals surface area contributed by atoms with Crippen LogP contribution in [0.25, 0.3) is 0 Å². The van der Waals surface area contributed by atoms with Crippen molar-refractivity contribution in [3.8, 4) is 0 Å². The Balaban J connectivity index is 3.86. The van der Waals surface area contributed by atoms with Crippen LogP contribution in [-0.2, 0) is 18.8 Å². The first-order valence-corrected chi connectivity index (χ1v) is 7.87. The molecular formula is C10H20O4Si. The normalized spacial score (nSPS) is 12.3. The molecule has 0 aromatic heterocycles. The van der Waals surface area contributed by atoms with Gasteiger partial charge in [-0.25, -0.2) is 4.79 Å². The quantitative estimate of drug-likeness (QED) is 0.238. The Morgan fingerprint density at radius 2 is 1.80 bits per heavy atom. The number of carbonyl (C=O) groups is 2. The van der Waals surface area contributed by atoms with Gasteiger partial charge in [0.2, 0.25) is 6.29 Å². The third kappa shape index (κ3) is 5.08. The van der Waals surface area contributed by atoms with Crippen LogP contribution in [0, 0.1) is 0 Å².